The molecule has 0 saturated carbocycles. The lowest BCUT2D eigenvalue weighted by Crippen LogP contribution is -2.11. The fraction of sp³-hybridized carbons (Fsp3) is 0.263. The van der Waals surface area contributed by atoms with Gasteiger partial charge in [0, 0.05) is 12.1 Å². The standard InChI is InChI=1S/C19H21NO3/c1-14-5-7-15(8-6-14)3-2-4-18(21)20-17-11-9-16(10-12-17)13-19(22)23/h5-12H,2-4,13H2,1H3,(H,20,21)(H,22,23). The van der Waals surface area contributed by atoms with Crippen LogP contribution in [0.3, 0.4) is 0 Å². The summed E-state index contributed by atoms with van der Waals surface area (Å²) in [4.78, 5) is 22.5. The molecule has 0 aliphatic heterocycles. The Balaban J connectivity index is 1.76. The van der Waals surface area contributed by atoms with Crippen molar-refractivity contribution in [1.82, 2.24) is 0 Å². The van der Waals surface area contributed by atoms with Gasteiger partial charge in [0.25, 0.3) is 0 Å². The Kier molecular flexibility index (Phi) is 5.92. The third kappa shape index (κ3) is 5.94. The Morgan fingerprint density at radius 2 is 1.57 bits per heavy atom. The van der Waals surface area contributed by atoms with Crippen LogP contribution in [-0.4, -0.2) is 17.0 Å². The van der Waals surface area contributed by atoms with E-state index in [0.717, 1.165) is 18.4 Å². The van der Waals surface area contributed by atoms with Gasteiger partial charge in [-0.2, -0.15) is 0 Å². The number of nitrogens with one attached hydrogen (secondary N) is 1. The number of carboxylic acid groups (broad SMARTS) is 1. The van der Waals surface area contributed by atoms with Crippen LogP contribution in [0, 0.1) is 6.92 Å². The van der Waals surface area contributed by atoms with Crippen LogP contribution >= 0.6 is 0 Å². The number of amides is 1. The minimum Gasteiger partial charge on any atom is -0.481 e. The summed E-state index contributed by atoms with van der Waals surface area (Å²) in [5, 5.41) is 11.5. The molecule has 0 aliphatic rings. The highest BCUT2D eigenvalue weighted by Gasteiger charge is 2.04. The Morgan fingerprint density at radius 1 is 0.957 bits per heavy atom. The zero-order valence-electron chi connectivity index (χ0n) is 13.2. The summed E-state index contributed by atoms with van der Waals surface area (Å²) in [6, 6.07) is 15.2. The first-order chi connectivity index (χ1) is 11.0. The molecule has 0 heterocycles. The molecule has 0 atom stereocenters. The van der Waals surface area contributed by atoms with E-state index < -0.39 is 5.97 Å². The van der Waals surface area contributed by atoms with Crippen LogP contribution in [0.25, 0.3) is 0 Å². The molecule has 0 radical (unpaired) electrons. The van der Waals surface area contributed by atoms with Gasteiger partial charge in [-0.3, -0.25) is 9.59 Å². The zero-order chi connectivity index (χ0) is 16.7. The number of aliphatic carboxylic acids is 1. The Hall–Kier alpha value is -2.62. The Bertz CT molecular complexity index is 660. The van der Waals surface area contributed by atoms with E-state index >= 15 is 0 Å². The molecule has 1 amide bonds. The molecular formula is C19H21NO3. The average Bonchev–Trinajstić information content (AvgIpc) is 2.51. The molecule has 2 N–H and O–H groups in total. The highest BCUT2D eigenvalue weighted by molar-refractivity contribution is 5.90. The van der Waals surface area contributed by atoms with Crippen molar-refractivity contribution >= 4 is 17.6 Å². The fourth-order valence-electron chi connectivity index (χ4n) is 2.31. The average molecular weight is 311 g/mol. The summed E-state index contributed by atoms with van der Waals surface area (Å²) in [5.41, 5.74) is 3.88. The first-order valence-electron chi connectivity index (χ1n) is 7.69. The van der Waals surface area contributed by atoms with E-state index in [9.17, 15) is 9.59 Å². The number of anilines is 1. The second-order valence-electron chi connectivity index (χ2n) is 5.65. The van der Waals surface area contributed by atoms with Crippen molar-refractivity contribution in [2.45, 2.75) is 32.6 Å². The molecule has 2 aromatic carbocycles. The van der Waals surface area contributed by atoms with Crippen molar-refractivity contribution in [3.8, 4) is 0 Å². The fourth-order valence-corrected chi connectivity index (χ4v) is 2.31. The minimum absolute atomic E-state index is 0.00915. The van der Waals surface area contributed by atoms with E-state index in [-0.39, 0.29) is 12.3 Å². The minimum atomic E-state index is -0.863. The number of benzene rings is 2. The molecule has 4 heteroatoms. The highest BCUT2D eigenvalue weighted by Crippen LogP contribution is 2.12. The number of carboxylic acids is 1. The van der Waals surface area contributed by atoms with E-state index in [1.807, 2.05) is 0 Å². The van der Waals surface area contributed by atoms with Gasteiger partial charge in [-0.25, -0.2) is 0 Å². The van der Waals surface area contributed by atoms with Gasteiger partial charge in [-0.1, -0.05) is 42.0 Å². The lowest BCUT2D eigenvalue weighted by molar-refractivity contribution is -0.136. The molecule has 0 fully saturated rings. The van der Waals surface area contributed by atoms with Crippen LogP contribution in [0.5, 0.6) is 0 Å². The second-order valence-corrected chi connectivity index (χ2v) is 5.65. The lowest BCUT2D eigenvalue weighted by Gasteiger charge is -2.06. The number of hydrogen-bond acceptors (Lipinski definition) is 2. The second kappa shape index (κ2) is 8.13. The maximum absolute atomic E-state index is 11.9. The highest BCUT2D eigenvalue weighted by atomic mass is 16.4. The quantitative estimate of drug-likeness (QED) is 0.821. The third-order valence-electron chi connectivity index (χ3n) is 3.58. The van der Waals surface area contributed by atoms with Crippen molar-refractivity contribution in [1.29, 1.82) is 0 Å². The van der Waals surface area contributed by atoms with Gasteiger partial charge in [0.2, 0.25) is 5.91 Å². The van der Waals surface area contributed by atoms with E-state index in [2.05, 4.69) is 36.5 Å². The summed E-state index contributed by atoms with van der Waals surface area (Å²) in [6.45, 7) is 2.05. The van der Waals surface area contributed by atoms with E-state index in [0.29, 0.717) is 12.1 Å². The topological polar surface area (TPSA) is 66.4 Å². The normalized spacial score (nSPS) is 10.3. The predicted molar refractivity (Wildman–Crippen MR) is 90.5 cm³/mol. The predicted octanol–water partition coefficient (Wildman–Crippen LogP) is 3.58. The largest absolute Gasteiger partial charge is 0.481 e. The summed E-state index contributed by atoms with van der Waals surface area (Å²) in [6.07, 6.45) is 2.13. The Morgan fingerprint density at radius 3 is 2.17 bits per heavy atom. The molecule has 4 nitrogen and oxygen atoms in total. The molecular weight excluding hydrogens is 290 g/mol. The van der Waals surface area contributed by atoms with E-state index in [4.69, 9.17) is 5.11 Å². The molecule has 120 valence electrons. The molecule has 2 rings (SSSR count). The number of aryl methyl sites for hydroxylation is 2. The van der Waals surface area contributed by atoms with Gasteiger partial charge < -0.3 is 10.4 Å². The SMILES string of the molecule is Cc1ccc(CCCC(=O)Nc2ccc(CC(=O)O)cc2)cc1. The van der Waals surface area contributed by atoms with Gasteiger partial charge in [0.15, 0.2) is 0 Å². The van der Waals surface area contributed by atoms with Crippen molar-refractivity contribution in [2.24, 2.45) is 0 Å². The molecule has 0 aliphatic carbocycles. The molecule has 0 unspecified atom stereocenters. The molecule has 0 spiro atoms. The number of hydrogen-bond donors (Lipinski definition) is 2. The van der Waals surface area contributed by atoms with Crippen molar-refractivity contribution < 1.29 is 14.7 Å². The van der Waals surface area contributed by atoms with Gasteiger partial charge in [-0.05, 0) is 43.0 Å². The number of rotatable bonds is 7. The maximum Gasteiger partial charge on any atom is 0.307 e. The van der Waals surface area contributed by atoms with Crippen molar-refractivity contribution in [3.05, 3.63) is 65.2 Å². The van der Waals surface area contributed by atoms with Gasteiger partial charge in [-0.15, -0.1) is 0 Å². The van der Waals surface area contributed by atoms with E-state index in [1.54, 1.807) is 24.3 Å². The van der Waals surface area contributed by atoms with Crippen LogP contribution in [0.2, 0.25) is 0 Å². The molecule has 0 saturated heterocycles. The Labute approximate surface area is 136 Å². The first kappa shape index (κ1) is 16.7. The van der Waals surface area contributed by atoms with E-state index in [1.165, 1.54) is 11.1 Å². The monoisotopic (exact) mass is 311 g/mol. The van der Waals surface area contributed by atoms with Crippen molar-refractivity contribution in [2.75, 3.05) is 5.32 Å². The van der Waals surface area contributed by atoms with Crippen LogP contribution in [0.4, 0.5) is 5.69 Å². The lowest BCUT2D eigenvalue weighted by atomic mass is 10.1. The van der Waals surface area contributed by atoms with Crippen LogP contribution < -0.4 is 5.32 Å². The summed E-state index contributed by atoms with van der Waals surface area (Å²) in [7, 11) is 0. The first-order valence-corrected chi connectivity index (χ1v) is 7.69. The van der Waals surface area contributed by atoms with Gasteiger partial charge in [0.05, 0.1) is 6.42 Å². The van der Waals surface area contributed by atoms with Crippen LogP contribution in [-0.2, 0) is 22.4 Å². The maximum atomic E-state index is 11.9. The molecule has 0 bridgehead atoms. The van der Waals surface area contributed by atoms with Crippen LogP contribution in [0.1, 0.15) is 29.5 Å². The van der Waals surface area contributed by atoms with Crippen LogP contribution in [0.15, 0.2) is 48.5 Å². The van der Waals surface area contributed by atoms with Crippen molar-refractivity contribution in [3.63, 3.8) is 0 Å². The zero-order valence-corrected chi connectivity index (χ0v) is 13.2. The summed E-state index contributed by atoms with van der Waals surface area (Å²) >= 11 is 0. The molecule has 2 aromatic rings. The summed E-state index contributed by atoms with van der Waals surface area (Å²) in [5.74, 6) is -0.888. The smallest absolute Gasteiger partial charge is 0.307 e. The number of carbonyl (C=O) groups excluding carboxylic acids is 1. The third-order valence-corrected chi connectivity index (χ3v) is 3.58. The van der Waals surface area contributed by atoms with Gasteiger partial charge in [0.1, 0.15) is 0 Å². The molecule has 0 aromatic heterocycles. The summed E-state index contributed by atoms with van der Waals surface area (Å²) < 4.78 is 0. The van der Waals surface area contributed by atoms with Gasteiger partial charge >= 0.3 is 5.97 Å². The molecule has 23 heavy (non-hydrogen) atoms. The number of carbonyl (C=O) groups is 2.